The fraction of sp³-hybridized carbons (Fsp3) is 0.100. The maximum Gasteiger partial charge on any atom is 0.339 e. The maximum atomic E-state index is 13.7. The highest BCUT2D eigenvalue weighted by Gasteiger charge is 2.14. The van der Waals surface area contributed by atoms with Crippen LogP contribution in [0.5, 0.6) is 0 Å². The van der Waals surface area contributed by atoms with Crippen molar-refractivity contribution in [1.82, 2.24) is 0 Å². The molecule has 126 valence electrons. The summed E-state index contributed by atoms with van der Waals surface area (Å²) in [5.74, 6) is -1.73. The van der Waals surface area contributed by atoms with Crippen molar-refractivity contribution in [3.05, 3.63) is 77.6 Å². The molecule has 1 N–H and O–H groups in total. The van der Waals surface area contributed by atoms with E-state index in [1.807, 2.05) is 30.3 Å². The Kier molecular flexibility index (Phi) is 4.75. The molecule has 0 atom stereocenters. The average Bonchev–Trinajstić information content (AvgIpc) is 2.61. The molecule has 0 unspecified atom stereocenters. The third kappa shape index (κ3) is 3.83. The van der Waals surface area contributed by atoms with Crippen molar-refractivity contribution in [3.63, 3.8) is 0 Å². The van der Waals surface area contributed by atoms with Gasteiger partial charge in [0.25, 0.3) is 5.91 Å². The molecule has 0 heterocycles. The average molecular weight is 337 g/mol. The molecule has 0 saturated carbocycles. The predicted octanol–water partition coefficient (Wildman–Crippen LogP) is 4.08. The van der Waals surface area contributed by atoms with Crippen LogP contribution in [0.4, 0.5) is 10.1 Å². The molecule has 3 aromatic carbocycles. The second kappa shape index (κ2) is 7.13. The summed E-state index contributed by atoms with van der Waals surface area (Å²) in [6, 6.07) is 17.1. The van der Waals surface area contributed by atoms with Crippen LogP contribution in [0, 0.1) is 12.7 Å². The molecule has 0 aliphatic heterocycles. The van der Waals surface area contributed by atoms with E-state index in [0.717, 1.165) is 16.3 Å². The minimum Gasteiger partial charge on any atom is -0.452 e. The summed E-state index contributed by atoms with van der Waals surface area (Å²) in [6.45, 7) is 1.26. The number of amides is 1. The number of esters is 1. The van der Waals surface area contributed by atoms with Gasteiger partial charge in [-0.3, -0.25) is 4.79 Å². The first kappa shape index (κ1) is 16.6. The summed E-state index contributed by atoms with van der Waals surface area (Å²) < 4.78 is 18.8. The molecule has 3 aromatic rings. The molecule has 25 heavy (non-hydrogen) atoms. The van der Waals surface area contributed by atoms with E-state index < -0.39 is 24.3 Å². The number of benzene rings is 3. The number of carbonyl (C=O) groups is 2. The van der Waals surface area contributed by atoms with Crippen LogP contribution in [0.25, 0.3) is 10.8 Å². The zero-order valence-corrected chi connectivity index (χ0v) is 13.6. The lowest BCUT2D eigenvalue weighted by Gasteiger charge is -2.09. The summed E-state index contributed by atoms with van der Waals surface area (Å²) in [5.41, 5.74) is 1.18. The van der Waals surface area contributed by atoms with Gasteiger partial charge in [-0.25, -0.2) is 9.18 Å². The summed E-state index contributed by atoms with van der Waals surface area (Å²) in [4.78, 5) is 24.1. The fourth-order valence-corrected chi connectivity index (χ4v) is 2.52. The number of hydrogen-bond acceptors (Lipinski definition) is 3. The SMILES string of the molecule is Cc1ccc(NC(=O)COC(=O)c2cccc3ccccc23)c(F)c1. The summed E-state index contributed by atoms with van der Waals surface area (Å²) >= 11 is 0. The third-order valence-electron chi connectivity index (χ3n) is 3.74. The van der Waals surface area contributed by atoms with Gasteiger partial charge in [0, 0.05) is 0 Å². The van der Waals surface area contributed by atoms with Gasteiger partial charge >= 0.3 is 5.97 Å². The molecule has 4 nitrogen and oxygen atoms in total. The molecule has 0 aliphatic rings. The Morgan fingerprint density at radius 1 is 1.04 bits per heavy atom. The van der Waals surface area contributed by atoms with Gasteiger partial charge in [0.2, 0.25) is 0 Å². The van der Waals surface area contributed by atoms with Crippen LogP contribution in [0.1, 0.15) is 15.9 Å². The molecule has 0 radical (unpaired) electrons. The normalized spacial score (nSPS) is 10.5. The summed E-state index contributed by atoms with van der Waals surface area (Å²) in [5, 5.41) is 4.05. The van der Waals surface area contributed by atoms with Crippen LogP contribution in [0.2, 0.25) is 0 Å². The number of fused-ring (bicyclic) bond motifs is 1. The van der Waals surface area contributed by atoms with Gasteiger partial charge in [-0.15, -0.1) is 0 Å². The Bertz CT molecular complexity index is 947. The highest BCUT2D eigenvalue weighted by Crippen LogP contribution is 2.19. The Balaban J connectivity index is 1.66. The van der Waals surface area contributed by atoms with E-state index in [0.29, 0.717) is 5.56 Å². The highest BCUT2D eigenvalue weighted by atomic mass is 19.1. The lowest BCUT2D eigenvalue weighted by molar-refractivity contribution is -0.119. The molecule has 0 spiro atoms. The Morgan fingerprint density at radius 3 is 2.60 bits per heavy atom. The van der Waals surface area contributed by atoms with Crippen LogP contribution in [-0.4, -0.2) is 18.5 Å². The molecule has 0 aliphatic carbocycles. The highest BCUT2D eigenvalue weighted by molar-refractivity contribution is 6.05. The molecule has 1 amide bonds. The minimum atomic E-state index is -0.601. The Labute approximate surface area is 144 Å². The number of rotatable bonds is 4. The number of hydrogen-bond donors (Lipinski definition) is 1. The van der Waals surface area contributed by atoms with E-state index in [1.54, 1.807) is 25.1 Å². The lowest BCUT2D eigenvalue weighted by atomic mass is 10.1. The maximum absolute atomic E-state index is 13.7. The number of halogens is 1. The van der Waals surface area contributed by atoms with Crippen molar-refractivity contribution in [1.29, 1.82) is 0 Å². The first-order valence-corrected chi connectivity index (χ1v) is 7.75. The van der Waals surface area contributed by atoms with Crippen LogP contribution >= 0.6 is 0 Å². The van der Waals surface area contributed by atoms with Crippen LogP contribution < -0.4 is 5.32 Å². The van der Waals surface area contributed by atoms with E-state index in [2.05, 4.69) is 5.32 Å². The second-order valence-electron chi connectivity index (χ2n) is 5.63. The van der Waals surface area contributed by atoms with E-state index >= 15 is 0 Å². The van der Waals surface area contributed by atoms with Gasteiger partial charge in [0.15, 0.2) is 6.61 Å². The first-order valence-electron chi connectivity index (χ1n) is 7.75. The van der Waals surface area contributed by atoms with Gasteiger partial charge in [-0.05, 0) is 41.5 Å². The van der Waals surface area contributed by atoms with Gasteiger partial charge < -0.3 is 10.1 Å². The monoisotopic (exact) mass is 337 g/mol. The number of ether oxygens (including phenoxy) is 1. The molecule has 3 rings (SSSR count). The fourth-order valence-electron chi connectivity index (χ4n) is 2.52. The molecule has 0 bridgehead atoms. The van der Waals surface area contributed by atoms with Crippen LogP contribution in [0.15, 0.2) is 60.7 Å². The lowest BCUT2D eigenvalue weighted by Crippen LogP contribution is -2.21. The number of carbonyl (C=O) groups excluding carboxylic acids is 2. The van der Waals surface area contributed by atoms with Gasteiger partial charge in [-0.2, -0.15) is 0 Å². The van der Waals surface area contributed by atoms with Crippen LogP contribution in [0.3, 0.4) is 0 Å². The molecular formula is C20H16FNO3. The predicted molar refractivity (Wildman–Crippen MR) is 94.0 cm³/mol. The minimum absolute atomic E-state index is 0.0526. The van der Waals surface area contributed by atoms with Crippen molar-refractivity contribution in [3.8, 4) is 0 Å². The molecule has 0 fully saturated rings. The van der Waals surface area contributed by atoms with Gasteiger partial charge in [-0.1, -0.05) is 42.5 Å². The zero-order chi connectivity index (χ0) is 17.8. The quantitative estimate of drug-likeness (QED) is 0.730. The van der Waals surface area contributed by atoms with Gasteiger partial charge in [0.05, 0.1) is 11.3 Å². The number of nitrogens with one attached hydrogen (secondary N) is 1. The van der Waals surface area contributed by atoms with Crippen molar-refractivity contribution < 1.29 is 18.7 Å². The van der Waals surface area contributed by atoms with Crippen molar-refractivity contribution in [2.24, 2.45) is 0 Å². The third-order valence-corrected chi connectivity index (χ3v) is 3.74. The number of aryl methyl sites for hydroxylation is 1. The molecule has 0 saturated heterocycles. The van der Waals surface area contributed by atoms with Crippen molar-refractivity contribution >= 4 is 28.3 Å². The second-order valence-corrected chi connectivity index (χ2v) is 5.63. The smallest absolute Gasteiger partial charge is 0.339 e. The first-order chi connectivity index (χ1) is 12.0. The number of anilines is 1. The van der Waals surface area contributed by atoms with E-state index in [-0.39, 0.29) is 5.69 Å². The largest absolute Gasteiger partial charge is 0.452 e. The topological polar surface area (TPSA) is 55.4 Å². The van der Waals surface area contributed by atoms with E-state index in [4.69, 9.17) is 4.74 Å². The summed E-state index contributed by atoms with van der Waals surface area (Å²) in [6.07, 6.45) is 0. The Hall–Kier alpha value is -3.21. The molecular weight excluding hydrogens is 321 g/mol. The van der Waals surface area contributed by atoms with Crippen molar-refractivity contribution in [2.75, 3.05) is 11.9 Å². The zero-order valence-electron chi connectivity index (χ0n) is 13.6. The van der Waals surface area contributed by atoms with Crippen LogP contribution in [-0.2, 0) is 9.53 Å². The van der Waals surface area contributed by atoms with E-state index in [1.165, 1.54) is 12.1 Å². The Morgan fingerprint density at radius 2 is 1.80 bits per heavy atom. The van der Waals surface area contributed by atoms with Crippen molar-refractivity contribution in [2.45, 2.75) is 6.92 Å². The molecule has 5 heteroatoms. The molecule has 0 aromatic heterocycles. The standard InChI is InChI=1S/C20H16FNO3/c1-13-9-10-18(17(21)11-13)22-19(23)12-25-20(24)16-8-4-6-14-5-2-3-7-15(14)16/h2-11H,12H2,1H3,(H,22,23). The van der Waals surface area contributed by atoms with Gasteiger partial charge in [0.1, 0.15) is 5.82 Å². The summed E-state index contributed by atoms with van der Waals surface area (Å²) in [7, 11) is 0. The van der Waals surface area contributed by atoms with E-state index in [9.17, 15) is 14.0 Å².